The second-order valence-electron chi connectivity index (χ2n) is 6.99. The highest BCUT2D eigenvalue weighted by molar-refractivity contribution is 7.92. The van der Waals surface area contributed by atoms with Gasteiger partial charge in [0.25, 0.3) is 5.91 Å². The third-order valence-electron chi connectivity index (χ3n) is 5.19. The summed E-state index contributed by atoms with van der Waals surface area (Å²) in [6.45, 7) is -0.209. The molecule has 0 spiro atoms. The van der Waals surface area contributed by atoms with Crippen LogP contribution in [0.2, 0.25) is 0 Å². The molecule has 2 atom stereocenters. The number of carbonyl (C=O) groups is 1. The minimum atomic E-state index is -4.27. The standard InChI is InChI=1S/C16H17FN4O5S/c17-14-11(26-9-5-12(19-6-9)16(8-18)3-4-16)2-1-10(22)15(14)21-7-13(23)20-27(21,24)25/h1-2,9,12,19,22H,3-7H2,(H,20,23)/t9?,12-/m0/s1. The molecule has 0 radical (unpaired) electrons. The Morgan fingerprint density at radius 1 is 1.41 bits per heavy atom. The third-order valence-corrected chi connectivity index (χ3v) is 6.57. The van der Waals surface area contributed by atoms with Crippen molar-refractivity contribution in [3.05, 3.63) is 17.9 Å². The fourth-order valence-electron chi connectivity index (χ4n) is 3.58. The number of aromatic hydroxyl groups is 1. The lowest BCUT2D eigenvalue weighted by Crippen LogP contribution is -2.30. The van der Waals surface area contributed by atoms with E-state index in [0.717, 1.165) is 18.9 Å². The Bertz CT molecular complexity index is 956. The molecule has 0 aromatic heterocycles. The largest absolute Gasteiger partial charge is 0.506 e. The number of anilines is 1. The van der Waals surface area contributed by atoms with E-state index in [1.807, 2.05) is 0 Å². The molecule has 2 heterocycles. The van der Waals surface area contributed by atoms with Crippen molar-refractivity contribution in [1.29, 1.82) is 5.26 Å². The molecule has 1 aromatic carbocycles. The summed E-state index contributed by atoms with van der Waals surface area (Å²) in [4.78, 5) is 11.4. The topological polar surface area (TPSA) is 132 Å². The number of nitrogens with zero attached hydrogens (tertiary/aromatic N) is 2. The number of amides is 1. The first-order valence-corrected chi connectivity index (χ1v) is 9.86. The van der Waals surface area contributed by atoms with Crippen LogP contribution in [0.4, 0.5) is 10.1 Å². The van der Waals surface area contributed by atoms with Crippen molar-refractivity contribution in [2.45, 2.75) is 31.4 Å². The normalized spacial score (nSPS) is 27.9. The van der Waals surface area contributed by atoms with Crippen molar-refractivity contribution in [3.8, 4) is 17.6 Å². The molecular weight excluding hydrogens is 379 g/mol. The second kappa shape index (κ2) is 5.97. The van der Waals surface area contributed by atoms with E-state index in [4.69, 9.17) is 4.74 Å². The van der Waals surface area contributed by atoms with Gasteiger partial charge in [-0.15, -0.1) is 0 Å². The minimum absolute atomic E-state index is 0.0343. The molecule has 2 saturated heterocycles. The molecule has 0 bridgehead atoms. The summed E-state index contributed by atoms with van der Waals surface area (Å²) >= 11 is 0. The second-order valence-corrected chi connectivity index (χ2v) is 8.58. The molecule has 1 amide bonds. The van der Waals surface area contributed by atoms with Gasteiger partial charge in [0.1, 0.15) is 24.1 Å². The molecule has 3 aliphatic rings. The Hall–Kier alpha value is -2.58. The number of phenols is 1. The van der Waals surface area contributed by atoms with Crippen molar-refractivity contribution in [2.75, 3.05) is 17.4 Å². The summed E-state index contributed by atoms with van der Waals surface area (Å²) in [5, 5.41) is 22.5. The molecule has 1 saturated carbocycles. The van der Waals surface area contributed by atoms with Crippen molar-refractivity contribution >= 4 is 21.8 Å². The summed E-state index contributed by atoms with van der Waals surface area (Å²) in [5.41, 5.74) is -1.02. The molecule has 1 aliphatic carbocycles. The van der Waals surface area contributed by atoms with Crippen LogP contribution in [0.1, 0.15) is 19.3 Å². The Labute approximate surface area is 154 Å². The monoisotopic (exact) mass is 396 g/mol. The first-order valence-electron chi connectivity index (χ1n) is 8.42. The number of nitrogens with one attached hydrogen (secondary N) is 2. The number of hydrogen-bond acceptors (Lipinski definition) is 7. The zero-order valence-corrected chi connectivity index (χ0v) is 14.9. The molecule has 2 aliphatic heterocycles. The Kier molecular flexibility index (Phi) is 3.94. The van der Waals surface area contributed by atoms with Crippen LogP contribution >= 0.6 is 0 Å². The number of rotatable bonds is 4. The lowest BCUT2D eigenvalue weighted by Gasteiger charge is -2.20. The number of halogens is 1. The highest BCUT2D eigenvalue weighted by Crippen LogP contribution is 2.50. The Balaban J connectivity index is 1.57. The SMILES string of the molecule is N#CC1([C@@H]2CC(Oc3ccc(O)c(N4CC(=O)NS4(=O)=O)c3F)CN2)CC1. The summed E-state index contributed by atoms with van der Waals surface area (Å²) in [6, 6.07) is 4.60. The van der Waals surface area contributed by atoms with Gasteiger partial charge in [0, 0.05) is 19.0 Å². The fraction of sp³-hybridized carbons (Fsp3) is 0.500. The highest BCUT2D eigenvalue weighted by Gasteiger charge is 2.52. The minimum Gasteiger partial charge on any atom is -0.506 e. The lowest BCUT2D eigenvalue weighted by atomic mass is 9.96. The molecule has 1 aromatic rings. The summed E-state index contributed by atoms with van der Waals surface area (Å²) in [7, 11) is -4.27. The maximum Gasteiger partial charge on any atom is 0.326 e. The van der Waals surface area contributed by atoms with Crippen molar-refractivity contribution in [2.24, 2.45) is 5.41 Å². The molecule has 3 fully saturated rings. The maximum atomic E-state index is 14.9. The molecule has 27 heavy (non-hydrogen) atoms. The Morgan fingerprint density at radius 2 is 2.15 bits per heavy atom. The predicted molar refractivity (Wildman–Crippen MR) is 90.6 cm³/mol. The van der Waals surface area contributed by atoms with Gasteiger partial charge in [-0.1, -0.05) is 0 Å². The first kappa shape index (κ1) is 17.8. The van der Waals surface area contributed by atoms with Crippen LogP contribution in [0.15, 0.2) is 12.1 Å². The van der Waals surface area contributed by atoms with E-state index in [1.165, 1.54) is 6.07 Å². The van der Waals surface area contributed by atoms with E-state index >= 15 is 0 Å². The average molecular weight is 396 g/mol. The van der Waals surface area contributed by atoms with Crippen LogP contribution < -0.4 is 19.1 Å². The smallest absolute Gasteiger partial charge is 0.326 e. The van der Waals surface area contributed by atoms with E-state index < -0.39 is 46.0 Å². The van der Waals surface area contributed by atoms with Crippen molar-refractivity contribution in [3.63, 3.8) is 0 Å². The third kappa shape index (κ3) is 2.94. The van der Waals surface area contributed by atoms with Crippen LogP contribution in [0, 0.1) is 22.6 Å². The summed E-state index contributed by atoms with van der Waals surface area (Å²) in [6.07, 6.45) is 1.76. The van der Waals surface area contributed by atoms with Gasteiger partial charge in [-0.25, -0.2) is 13.4 Å². The van der Waals surface area contributed by atoms with E-state index in [9.17, 15) is 28.0 Å². The maximum absolute atomic E-state index is 14.9. The predicted octanol–water partition coefficient (Wildman–Crippen LogP) is 0.125. The van der Waals surface area contributed by atoms with Gasteiger partial charge in [-0.2, -0.15) is 13.7 Å². The zero-order chi connectivity index (χ0) is 19.4. The van der Waals surface area contributed by atoms with E-state index in [1.54, 1.807) is 4.72 Å². The number of carbonyl (C=O) groups excluding carboxylic acids is 1. The molecular formula is C16H17FN4O5S. The number of benzene rings is 1. The van der Waals surface area contributed by atoms with Gasteiger partial charge in [-0.3, -0.25) is 4.79 Å². The quantitative estimate of drug-likeness (QED) is 0.659. The number of nitriles is 1. The Morgan fingerprint density at radius 3 is 2.74 bits per heavy atom. The average Bonchev–Trinajstić information content (AvgIpc) is 3.18. The van der Waals surface area contributed by atoms with Crippen molar-refractivity contribution in [1.82, 2.24) is 10.0 Å². The first-order chi connectivity index (χ1) is 12.8. The van der Waals surface area contributed by atoms with Crippen LogP contribution in [0.3, 0.4) is 0 Å². The van der Waals surface area contributed by atoms with Gasteiger partial charge in [0.2, 0.25) is 0 Å². The molecule has 144 valence electrons. The van der Waals surface area contributed by atoms with Gasteiger partial charge in [0.15, 0.2) is 11.6 Å². The lowest BCUT2D eigenvalue weighted by molar-refractivity contribution is -0.117. The molecule has 3 N–H and O–H groups in total. The van der Waals surface area contributed by atoms with E-state index in [-0.39, 0.29) is 17.2 Å². The van der Waals surface area contributed by atoms with E-state index in [2.05, 4.69) is 11.4 Å². The summed E-state index contributed by atoms with van der Waals surface area (Å²) in [5.74, 6) is -2.75. The van der Waals surface area contributed by atoms with Crippen LogP contribution in [-0.2, 0) is 15.0 Å². The zero-order valence-electron chi connectivity index (χ0n) is 14.1. The number of phenolic OH excluding ortho intramolecular Hbond substituents is 1. The number of ether oxygens (including phenoxy) is 1. The fourth-order valence-corrected chi connectivity index (χ4v) is 4.74. The van der Waals surface area contributed by atoms with Crippen LogP contribution in [-0.4, -0.2) is 44.7 Å². The van der Waals surface area contributed by atoms with Gasteiger partial charge in [0.05, 0.1) is 11.5 Å². The molecule has 1 unspecified atom stereocenters. The van der Waals surface area contributed by atoms with E-state index in [0.29, 0.717) is 17.3 Å². The molecule has 9 nitrogen and oxygen atoms in total. The highest BCUT2D eigenvalue weighted by atomic mass is 32.2. The molecule has 4 rings (SSSR count). The van der Waals surface area contributed by atoms with Gasteiger partial charge in [-0.05, 0) is 25.0 Å². The van der Waals surface area contributed by atoms with Gasteiger partial charge >= 0.3 is 10.2 Å². The van der Waals surface area contributed by atoms with Crippen LogP contribution in [0.25, 0.3) is 0 Å². The van der Waals surface area contributed by atoms with Crippen molar-refractivity contribution < 1.29 is 27.4 Å². The molecule has 11 heteroatoms. The summed E-state index contributed by atoms with van der Waals surface area (Å²) < 4.78 is 46.7. The van der Waals surface area contributed by atoms with Crippen LogP contribution in [0.5, 0.6) is 11.5 Å². The number of hydrogen-bond donors (Lipinski definition) is 3. The van der Waals surface area contributed by atoms with Gasteiger partial charge < -0.3 is 15.2 Å².